The van der Waals surface area contributed by atoms with Gasteiger partial charge in [-0.15, -0.1) is 0 Å². The van der Waals surface area contributed by atoms with Gasteiger partial charge in [0.05, 0.1) is 11.9 Å². The molecular weight excluding hydrogens is 475 g/mol. The van der Waals surface area contributed by atoms with Gasteiger partial charge < -0.3 is 15.8 Å². The number of halogens is 2. The molecule has 3 N–H and O–H groups in total. The second-order valence-corrected chi connectivity index (χ2v) is 8.13. The van der Waals surface area contributed by atoms with Crippen molar-refractivity contribution >= 4 is 29.0 Å². The van der Waals surface area contributed by atoms with Crippen molar-refractivity contribution in [2.24, 2.45) is 0 Å². The summed E-state index contributed by atoms with van der Waals surface area (Å²) in [6.07, 6.45) is 4.35. The van der Waals surface area contributed by atoms with Crippen molar-refractivity contribution in [2.45, 2.75) is 19.9 Å². The van der Waals surface area contributed by atoms with Crippen molar-refractivity contribution in [1.82, 2.24) is 19.7 Å². The third kappa shape index (κ3) is 5.28. The maximum Gasteiger partial charge on any atom is 0.280 e. The van der Waals surface area contributed by atoms with Gasteiger partial charge in [-0.2, -0.15) is 5.10 Å². The molecule has 0 radical (unpaired) electrons. The molecule has 4 rings (SSSR count). The monoisotopic (exact) mass is 494 g/mol. The molecule has 0 spiro atoms. The Morgan fingerprint density at radius 1 is 1.14 bits per heavy atom. The Hall–Kier alpha value is -4.31. The molecule has 4 aromatic rings. The molecule has 3 heterocycles. The van der Waals surface area contributed by atoms with E-state index in [1.807, 2.05) is 13.8 Å². The van der Waals surface area contributed by atoms with Crippen LogP contribution in [0.25, 0.3) is 11.1 Å². The third-order valence-corrected chi connectivity index (χ3v) is 5.31. The summed E-state index contributed by atoms with van der Waals surface area (Å²) in [6.45, 7) is 3.72. The Labute approximate surface area is 204 Å². The summed E-state index contributed by atoms with van der Waals surface area (Å²) in [5.41, 5.74) is 5.79. The van der Waals surface area contributed by atoms with E-state index >= 15 is 0 Å². The lowest BCUT2D eigenvalue weighted by atomic mass is 10.1. The molecule has 0 saturated carbocycles. The average Bonchev–Trinajstić information content (AvgIpc) is 2.84. The van der Waals surface area contributed by atoms with Crippen molar-refractivity contribution in [3.8, 4) is 22.8 Å². The predicted octanol–water partition coefficient (Wildman–Crippen LogP) is 4.70. The van der Waals surface area contributed by atoms with Gasteiger partial charge >= 0.3 is 0 Å². The van der Waals surface area contributed by atoms with Gasteiger partial charge in [-0.3, -0.25) is 14.3 Å². The summed E-state index contributed by atoms with van der Waals surface area (Å²) in [5.74, 6) is -0.544. The first-order valence-corrected chi connectivity index (χ1v) is 10.9. The Bertz CT molecular complexity index is 1440. The number of carbonyl (C=O) groups is 1. The molecule has 0 fully saturated rings. The van der Waals surface area contributed by atoms with Gasteiger partial charge in [0.25, 0.3) is 5.91 Å². The number of rotatable bonds is 6. The maximum absolute atomic E-state index is 13.4. The van der Waals surface area contributed by atoms with Crippen molar-refractivity contribution in [2.75, 3.05) is 11.1 Å². The molecule has 3 aromatic heterocycles. The van der Waals surface area contributed by atoms with Crippen LogP contribution in [0.4, 0.5) is 15.9 Å². The van der Waals surface area contributed by atoms with Crippen molar-refractivity contribution in [3.63, 3.8) is 0 Å². The molecule has 1 aromatic carbocycles. The number of benzene rings is 1. The molecule has 35 heavy (non-hydrogen) atoms. The SMILES string of the molecule is CC(C)n1cc(-c2ccc(F)cc2)c(=O)c(C(=O)Nc2ccc(Oc3ccnc(N)c3Cl)nc2)n1. The highest BCUT2D eigenvalue weighted by Crippen LogP contribution is 2.31. The van der Waals surface area contributed by atoms with Gasteiger partial charge in [0.1, 0.15) is 16.7 Å². The summed E-state index contributed by atoms with van der Waals surface area (Å²) in [4.78, 5) is 34.0. The smallest absolute Gasteiger partial charge is 0.280 e. The number of amides is 1. The Morgan fingerprint density at radius 3 is 2.54 bits per heavy atom. The van der Waals surface area contributed by atoms with Crippen LogP contribution in [-0.4, -0.2) is 25.7 Å². The number of anilines is 2. The van der Waals surface area contributed by atoms with E-state index in [-0.39, 0.29) is 39.8 Å². The molecule has 0 bridgehead atoms. The van der Waals surface area contributed by atoms with E-state index < -0.39 is 17.2 Å². The molecule has 1 amide bonds. The van der Waals surface area contributed by atoms with Crippen molar-refractivity contribution in [1.29, 1.82) is 0 Å². The standard InChI is InChI=1S/C24H20ClFN6O3/c1-13(2)32-12-17(14-3-5-15(26)6-4-14)22(33)21(31-32)24(34)30-16-7-8-19(29-11-16)35-18-9-10-28-23(27)20(18)25/h3-13H,1-2H3,(H2,27,28)(H,30,34). The Balaban J connectivity index is 1.59. The minimum atomic E-state index is -0.714. The molecule has 0 atom stereocenters. The molecule has 11 heteroatoms. The van der Waals surface area contributed by atoms with Crippen LogP contribution < -0.4 is 21.2 Å². The first kappa shape index (κ1) is 23.8. The van der Waals surface area contributed by atoms with E-state index in [2.05, 4.69) is 20.4 Å². The minimum absolute atomic E-state index is 0.121. The van der Waals surface area contributed by atoms with Gasteiger partial charge in [0, 0.05) is 36.1 Å². The van der Waals surface area contributed by atoms with E-state index in [0.29, 0.717) is 11.3 Å². The number of aromatic nitrogens is 4. The van der Waals surface area contributed by atoms with Crippen LogP contribution in [0.2, 0.25) is 5.02 Å². The molecule has 0 saturated heterocycles. The second-order valence-electron chi connectivity index (χ2n) is 7.75. The number of nitrogens with zero attached hydrogens (tertiary/aromatic N) is 4. The number of nitrogen functional groups attached to an aromatic ring is 1. The summed E-state index contributed by atoms with van der Waals surface area (Å²) >= 11 is 6.07. The first-order chi connectivity index (χ1) is 16.7. The summed E-state index contributed by atoms with van der Waals surface area (Å²) < 4.78 is 20.5. The first-order valence-electron chi connectivity index (χ1n) is 10.5. The van der Waals surface area contributed by atoms with Crippen LogP contribution in [0.1, 0.15) is 30.4 Å². The number of nitrogens with one attached hydrogen (secondary N) is 1. The highest BCUT2D eigenvalue weighted by Gasteiger charge is 2.19. The lowest BCUT2D eigenvalue weighted by molar-refractivity contribution is 0.101. The zero-order valence-electron chi connectivity index (χ0n) is 18.7. The Kier molecular flexibility index (Phi) is 6.74. The number of nitrogens with two attached hydrogens (primary N) is 1. The number of hydrogen-bond donors (Lipinski definition) is 2. The minimum Gasteiger partial charge on any atom is -0.437 e. The molecule has 0 aliphatic rings. The second kappa shape index (κ2) is 9.90. The molecule has 9 nitrogen and oxygen atoms in total. The van der Waals surface area contributed by atoms with Crippen LogP contribution in [-0.2, 0) is 0 Å². The van der Waals surface area contributed by atoms with Crippen LogP contribution in [0.5, 0.6) is 11.6 Å². The topological polar surface area (TPSA) is 125 Å². The summed E-state index contributed by atoms with van der Waals surface area (Å²) in [7, 11) is 0. The number of hydrogen-bond acceptors (Lipinski definition) is 7. The van der Waals surface area contributed by atoms with E-state index in [1.165, 1.54) is 53.5 Å². The fraction of sp³-hybridized carbons (Fsp3) is 0.125. The zero-order valence-corrected chi connectivity index (χ0v) is 19.5. The van der Waals surface area contributed by atoms with Gasteiger partial charge in [0.2, 0.25) is 11.3 Å². The van der Waals surface area contributed by atoms with Crippen LogP contribution in [0.3, 0.4) is 0 Å². The van der Waals surface area contributed by atoms with E-state index in [9.17, 15) is 14.0 Å². The summed E-state index contributed by atoms with van der Waals surface area (Å²) in [5, 5.41) is 6.97. The number of carbonyl (C=O) groups excluding carboxylic acids is 1. The van der Waals surface area contributed by atoms with Gasteiger partial charge in [-0.25, -0.2) is 14.4 Å². The van der Waals surface area contributed by atoms with E-state index in [0.717, 1.165) is 0 Å². The number of pyridine rings is 2. The molecule has 0 unspecified atom stereocenters. The average molecular weight is 495 g/mol. The van der Waals surface area contributed by atoms with Crippen molar-refractivity contribution in [3.05, 3.63) is 87.8 Å². The molecule has 0 aliphatic heterocycles. The third-order valence-electron chi connectivity index (χ3n) is 4.93. The van der Waals surface area contributed by atoms with Gasteiger partial charge in [-0.1, -0.05) is 23.7 Å². The molecule has 0 aliphatic carbocycles. The predicted molar refractivity (Wildman–Crippen MR) is 130 cm³/mol. The van der Waals surface area contributed by atoms with Crippen LogP contribution in [0, 0.1) is 5.82 Å². The number of ether oxygens (including phenoxy) is 1. The summed E-state index contributed by atoms with van der Waals surface area (Å²) in [6, 6.07) is 9.91. The lowest BCUT2D eigenvalue weighted by Gasteiger charge is -2.14. The highest BCUT2D eigenvalue weighted by atomic mass is 35.5. The van der Waals surface area contributed by atoms with Gasteiger partial charge in [0.15, 0.2) is 11.4 Å². The van der Waals surface area contributed by atoms with E-state index in [1.54, 1.807) is 12.3 Å². The highest BCUT2D eigenvalue weighted by molar-refractivity contribution is 6.34. The van der Waals surface area contributed by atoms with Crippen LogP contribution >= 0.6 is 11.6 Å². The Morgan fingerprint density at radius 2 is 1.89 bits per heavy atom. The fourth-order valence-electron chi connectivity index (χ4n) is 3.09. The lowest BCUT2D eigenvalue weighted by Crippen LogP contribution is -2.28. The largest absolute Gasteiger partial charge is 0.437 e. The van der Waals surface area contributed by atoms with Crippen LogP contribution in [0.15, 0.2) is 65.8 Å². The zero-order chi connectivity index (χ0) is 25.1. The van der Waals surface area contributed by atoms with Crippen molar-refractivity contribution < 1.29 is 13.9 Å². The normalized spacial score (nSPS) is 10.9. The maximum atomic E-state index is 13.4. The fourth-order valence-corrected chi connectivity index (χ4v) is 3.24. The molecule has 178 valence electrons. The van der Waals surface area contributed by atoms with Gasteiger partial charge in [-0.05, 0) is 37.6 Å². The van der Waals surface area contributed by atoms with E-state index in [4.69, 9.17) is 22.1 Å². The quantitative estimate of drug-likeness (QED) is 0.398. The molecular formula is C24H20ClFN6O3.